The van der Waals surface area contributed by atoms with Gasteiger partial charge in [0, 0.05) is 25.3 Å². The highest BCUT2D eigenvalue weighted by atomic mass is 35.5. The number of rotatable bonds is 9. The minimum Gasteiger partial charge on any atom is -0.495 e. The van der Waals surface area contributed by atoms with E-state index >= 15 is 0 Å². The number of hydrogen-bond acceptors (Lipinski definition) is 10. The van der Waals surface area contributed by atoms with Crippen LogP contribution in [0.25, 0.3) is 0 Å². The maximum Gasteiger partial charge on any atom is 0.236 e. The summed E-state index contributed by atoms with van der Waals surface area (Å²) < 4.78 is 10.5. The molecule has 32 heavy (non-hydrogen) atoms. The average molecular weight is 459 g/mol. The molecule has 1 saturated heterocycles. The quantitative estimate of drug-likeness (QED) is 0.490. The third-order valence-corrected chi connectivity index (χ3v) is 5.81. The maximum atomic E-state index is 6.31. The van der Waals surface area contributed by atoms with E-state index in [1.165, 1.54) is 12.8 Å². The second-order valence-corrected chi connectivity index (χ2v) is 7.86. The molecule has 2 N–H and O–H groups in total. The molecule has 0 saturated carbocycles. The molecule has 1 aliphatic rings. The molecule has 1 aliphatic heterocycles. The van der Waals surface area contributed by atoms with Crippen molar-refractivity contribution < 1.29 is 9.15 Å². The first kappa shape index (κ1) is 22.1. The molecule has 0 amide bonds. The molecule has 10 nitrogen and oxygen atoms in total. The van der Waals surface area contributed by atoms with Crippen molar-refractivity contribution in [2.24, 2.45) is 0 Å². The molecule has 1 fully saturated rings. The predicted molar refractivity (Wildman–Crippen MR) is 124 cm³/mol. The van der Waals surface area contributed by atoms with Crippen LogP contribution in [0.3, 0.4) is 0 Å². The van der Waals surface area contributed by atoms with Crippen LogP contribution in [0.1, 0.15) is 19.8 Å². The Morgan fingerprint density at radius 1 is 1.28 bits per heavy atom. The molecule has 4 rings (SSSR count). The van der Waals surface area contributed by atoms with Crippen molar-refractivity contribution in [3.63, 3.8) is 0 Å². The summed E-state index contributed by atoms with van der Waals surface area (Å²) in [4.78, 5) is 21.9. The van der Waals surface area contributed by atoms with Crippen LogP contribution in [0.2, 0.25) is 5.02 Å². The third-order valence-electron chi connectivity index (χ3n) is 5.51. The van der Waals surface area contributed by atoms with E-state index in [1.807, 2.05) is 24.1 Å². The largest absolute Gasteiger partial charge is 0.495 e. The molecule has 170 valence electrons. The van der Waals surface area contributed by atoms with E-state index in [1.54, 1.807) is 19.4 Å². The highest BCUT2D eigenvalue weighted by molar-refractivity contribution is 6.32. The van der Waals surface area contributed by atoms with Crippen molar-refractivity contribution in [1.29, 1.82) is 0 Å². The zero-order valence-electron chi connectivity index (χ0n) is 18.4. The van der Waals surface area contributed by atoms with Crippen molar-refractivity contribution in [2.75, 3.05) is 49.3 Å². The number of hydrogen-bond donors (Lipinski definition) is 2. The second kappa shape index (κ2) is 10.0. The number of aromatic nitrogens is 4. The van der Waals surface area contributed by atoms with Gasteiger partial charge in [-0.3, -0.25) is 10.2 Å². The molecule has 3 heterocycles. The fraction of sp³-hybridized carbons (Fsp3) is 0.429. The van der Waals surface area contributed by atoms with Gasteiger partial charge in [-0.1, -0.05) is 18.5 Å². The summed E-state index contributed by atoms with van der Waals surface area (Å²) in [5.74, 6) is 2.32. The van der Waals surface area contributed by atoms with Crippen LogP contribution in [0.4, 0.5) is 29.4 Å². The van der Waals surface area contributed by atoms with Gasteiger partial charge < -0.3 is 19.4 Å². The minimum absolute atomic E-state index is 0.347. The highest BCUT2D eigenvalue weighted by Crippen LogP contribution is 2.31. The first-order chi connectivity index (χ1) is 15.6. The van der Waals surface area contributed by atoms with Crippen molar-refractivity contribution in [3.8, 4) is 5.75 Å². The Morgan fingerprint density at radius 3 is 2.84 bits per heavy atom. The molecule has 0 radical (unpaired) electrons. The van der Waals surface area contributed by atoms with Gasteiger partial charge in [-0.15, -0.1) is 0 Å². The molecule has 3 aromatic rings. The number of nitrogens with one attached hydrogen (secondary N) is 2. The number of anilines is 5. The first-order valence-corrected chi connectivity index (χ1v) is 10.9. The molecule has 1 unspecified atom stereocenters. The SMILES string of the molecule is CCN1CCCC1CNc1nc(Nc2cnco2)nc(N(C)c2ccc(OC)c(Cl)c2)n1. The second-order valence-electron chi connectivity index (χ2n) is 7.46. The van der Waals surface area contributed by atoms with Gasteiger partial charge in [0.1, 0.15) is 5.75 Å². The first-order valence-electron chi connectivity index (χ1n) is 10.5. The van der Waals surface area contributed by atoms with Gasteiger partial charge in [0.25, 0.3) is 0 Å². The van der Waals surface area contributed by atoms with Crippen LogP contribution in [-0.2, 0) is 0 Å². The van der Waals surface area contributed by atoms with Crippen LogP contribution < -0.4 is 20.3 Å². The minimum atomic E-state index is 0.347. The Labute approximate surface area is 192 Å². The number of methoxy groups -OCH3 is 1. The Hall–Kier alpha value is -3.11. The van der Waals surface area contributed by atoms with E-state index < -0.39 is 0 Å². The molecule has 11 heteroatoms. The lowest BCUT2D eigenvalue weighted by atomic mass is 10.2. The van der Waals surface area contributed by atoms with Gasteiger partial charge >= 0.3 is 0 Å². The lowest BCUT2D eigenvalue weighted by molar-refractivity contribution is 0.277. The Balaban J connectivity index is 1.59. The van der Waals surface area contributed by atoms with Crippen LogP contribution in [0.5, 0.6) is 5.75 Å². The van der Waals surface area contributed by atoms with Gasteiger partial charge in [-0.25, -0.2) is 4.98 Å². The lowest BCUT2D eigenvalue weighted by Crippen LogP contribution is -2.35. The van der Waals surface area contributed by atoms with Crippen molar-refractivity contribution in [2.45, 2.75) is 25.8 Å². The van der Waals surface area contributed by atoms with Gasteiger partial charge in [0.05, 0.1) is 18.3 Å². The number of likely N-dealkylation sites (tertiary alicyclic amines) is 1. The van der Waals surface area contributed by atoms with E-state index in [2.05, 4.69) is 42.4 Å². The Morgan fingerprint density at radius 2 is 2.12 bits per heavy atom. The predicted octanol–water partition coefficient (Wildman–Crippen LogP) is 3.93. The van der Waals surface area contributed by atoms with E-state index in [4.69, 9.17) is 20.8 Å². The van der Waals surface area contributed by atoms with Gasteiger partial charge in [-0.2, -0.15) is 15.0 Å². The van der Waals surface area contributed by atoms with E-state index in [0.717, 1.165) is 31.7 Å². The highest BCUT2D eigenvalue weighted by Gasteiger charge is 2.23. The van der Waals surface area contributed by atoms with E-state index in [0.29, 0.717) is 40.5 Å². The van der Waals surface area contributed by atoms with Crippen molar-refractivity contribution in [1.82, 2.24) is 24.8 Å². The molecular formula is C21H27ClN8O2. The van der Waals surface area contributed by atoms with Crippen molar-refractivity contribution >= 4 is 41.0 Å². The Bertz CT molecular complexity index is 1030. The zero-order valence-corrected chi connectivity index (χ0v) is 19.1. The van der Waals surface area contributed by atoms with Crippen LogP contribution in [0, 0.1) is 0 Å². The number of benzene rings is 1. The molecule has 1 aromatic carbocycles. The third kappa shape index (κ3) is 5.03. The van der Waals surface area contributed by atoms with Gasteiger partial charge in [-0.05, 0) is 44.1 Å². The van der Waals surface area contributed by atoms with Crippen molar-refractivity contribution in [3.05, 3.63) is 35.8 Å². The van der Waals surface area contributed by atoms with E-state index in [-0.39, 0.29) is 0 Å². The summed E-state index contributed by atoms with van der Waals surface area (Å²) in [5, 5.41) is 6.92. The fourth-order valence-corrected chi connectivity index (χ4v) is 4.02. The number of ether oxygens (including phenoxy) is 1. The molecule has 0 bridgehead atoms. The molecule has 0 aliphatic carbocycles. The van der Waals surface area contributed by atoms with Gasteiger partial charge in [0.15, 0.2) is 6.39 Å². The molecule has 1 atom stereocenters. The normalized spacial score (nSPS) is 16.2. The van der Waals surface area contributed by atoms with Gasteiger partial charge in [0.2, 0.25) is 23.7 Å². The number of halogens is 1. The maximum absolute atomic E-state index is 6.31. The lowest BCUT2D eigenvalue weighted by Gasteiger charge is -2.23. The number of likely N-dealkylation sites (N-methyl/N-ethyl adjacent to an activating group) is 1. The van der Waals surface area contributed by atoms with Crippen LogP contribution in [0.15, 0.2) is 35.2 Å². The summed E-state index contributed by atoms with van der Waals surface area (Å²) in [5.41, 5.74) is 0.812. The molecule has 0 spiro atoms. The topological polar surface area (TPSA) is 104 Å². The number of oxazole rings is 1. The van der Waals surface area contributed by atoms with Crippen LogP contribution in [-0.4, -0.2) is 64.7 Å². The average Bonchev–Trinajstić information content (AvgIpc) is 3.48. The zero-order chi connectivity index (χ0) is 22.5. The standard InChI is InChI=1S/C21H27ClN8O2/c1-4-30-9-5-6-15(30)11-24-19-26-20(25-18-12-23-13-32-18)28-21(27-19)29(2)14-7-8-17(31-3)16(22)10-14/h7-8,10,12-13,15H,4-6,9,11H2,1-3H3,(H2,24,25,26,27,28). The summed E-state index contributed by atoms with van der Waals surface area (Å²) in [6.07, 6.45) is 5.27. The monoisotopic (exact) mass is 458 g/mol. The smallest absolute Gasteiger partial charge is 0.236 e. The summed E-state index contributed by atoms with van der Waals surface area (Å²) >= 11 is 6.31. The summed E-state index contributed by atoms with van der Waals surface area (Å²) in [7, 11) is 3.45. The molecular weight excluding hydrogens is 432 g/mol. The van der Waals surface area contributed by atoms with E-state index in [9.17, 15) is 0 Å². The summed E-state index contributed by atoms with van der Waals surface area (Å²) in [6.45, 7) is 5.11. The molecule has 2 aromatic heterocycles. The summed E-state index contributed by atoms with van der Waals surface area (Å²) in [6, 6.07) is 5.96. The Kier molecular flexibility index (Phi) is 6.91. The fourth-order valence-electron chi connectivity index (χ4n) is 3.77. The number of nitrogens with zero attached hydrogens (tertiary/aromatic N) is 6. The van der Waals surface area contributed by atoms with Crippen LogP contribution >= 0.6 is 11.6 Å².